The Kier molecular flexibility index (Phi) is 4.83. The molecule has 0 fully saturated rings. The molecule has 0 aliphatic carbocycles. The molecule has 0 aliphatic rings. The van der Waals surface area contributed by atoms with Crippen molar-refractivity contribution >= 4 is 0 Å². The summed E-state index contributed by atoms with van der Waals surface area (Å²) in [4.78, 5) is 0. The number of phenols is 1. The molecule has 3 aromatic rings. The molecule has 0 spiro atoms. The van der Waals surface area contributed by atoms with Crippen LogP contribution in [0.5, 0.6) is 17.2 Å². The quantitative estimate of drug-likeness (QED) is 0.694. The summed E-state index contributed by atoms with van der Waals surface area (Å²) in [5.41, 5.74) is 2.45. The standard InChI is InChI=1S/C23H18N2O2/c1-23(2,17-6-10-19(26)11-7-17)18-8-12-20(13-9-18)27-22-5-3-4-16(14-24)21(22)15-25/h3-13,26H,1-2H3. The number of ether oxygens (including phenoxy) is 1. The van der Waals surface area contributed by atoms with Crippen molar-refractivity contribution in [1.82, 2.24) is 0 Å². The summed E-state index contributed by atoms with van der Waals surface area (Å²) >= 11 is 0. The third-order valence-corrected chi connectivity index (χ3v) is 4.65. The zero-order chi connectivity index (χ0) is 19.4. The predicted octanol–water partition coefficient (Wildman–Crippen LogP) is 5.25. The highest BCUT2D eigenvalue weighted by Crippen LogP contribution is 2.34. The Morgan fingerprint density at radius 3 is 1.96 bits per heavy atom. The van der Waals surface area contributed by atoms with Crippen LogP contribution in [0.2, 0.25) is 0 Å². The van der Waals surface area contributed by atoms with Crippen molar-refractivity contribution in [3.05, 3.63) is 89.0 Å². The van der Waals surface area contributed by atoms with E-state index < -0.39 is 0 Å². The molecule has 3 aromatic carbocycles. The summed E-state index contributed by atoms with van der Waals surface area (Å²) < 4.78 is 5.83. The van der Waals surface area contributed by atoms with E-state index in [9.17, 15) is 10.4 Å². The van der Waals surface area contributed by atoms with Crippen LogP contribution >= 0.6 is 0 Å². The SMILES string of the molecule is CC(C)(c1ccc(O)cc1)c1ccc(Oc2cccc(C#N)c2C#N)cc1. The topological polar surface area (TPSA) is 77.0 Å². The molecule has 1 N–H and O–H groups in total. The molecule has 0 saturated carbocycles. The second kappa shape index (κ2) is 7.23. The summed E-state index contributed by atoms with van der Waals surface area (Å²) in [5, 5.41) is 27.9. The Bertz CT molecular complexity index is 1040. The Morgan fingerprint density at radius 2 is 1.41 bits per heavy atom. The molecule has 3 rings (SSSR count). The van der Waals surface area contributed by atoms with E-state index in [0.29, 0.717) is 17.1 Å². The fraction of sp³-hybridized carbons (Fsp3) is 0.130. The molecule has 0 unspecified atom stereocenters. The molecule has 0 radical (unpaired) electrons. The zero-order valence-electron chi connectivity index (χ0n) is 15.1. The van der Waals surface area contributed by atoms with Crippen molar-refractivity contribution in [3.63, 3.8) is 0 Å². The lowest BCUT2D eigenvalue weighted by Crippen LogP contribution is -2.18. The zero-order valence-corrected chi connectivity index (χ0v) is 15.1. The van der Waals surface area contributed by atoms with Crippen molar-refractivity contribution in [3.8, 4) is 29.4 Å². The van der Waals surface area contributed by atoms with Gasteiger partial charge in [0.1, 0.15) is 35.0 Å². The highest BCUT2D eigenvalue weighted by Gasteiger charge is 2.23. The second-order valence-electron chi connectivity index (χ2n) is 6.70. The van der Waals surface area contributed by atoms with Gasteiger partial charge in [0.05, 0.1) is 5.56 Å². The Hall–Kier alpha value is -3.76. The van der Waals surface area contributed by atoms with E-state index in [1.54, 1.807) is 30.3 Å². The third-order valence-electron chi connectivity index (χ3n) is 4.65. The number of phenolic OH excluding ortho intramolecular Hbond substituents is 1. The van der Waals surface area contributed by atoms with E-state index in [4.69, 9.17) is 10.00 Å². The number of nitrogens with zero attached hydrogens (tertiary/aromatic N) is 2. The van der Waals surface area contributed by atoms with Gasteiger partial charge in [0.2, 0.25) is 0 Å². The van der Waals surface area contributed by atoms with E-state index in [1.165, 1.54) is 0 Å². The third kappa shape index (κ3) is 3.61. The van der Waals surface area contributed by atoms with E-state index in [-0.39, 0.29) is 16.7 Å². The Balaban J connectivity index is 1.87. The van der Waals surface area contributed by atoms with Crippen molar-refractivity contribution in [1.29, 1.82) is 10.5 Å². The van der Waals surface area contributed by atoms with E-state index in [0.717, 1.165) is 11.1 Å². The maximum absolute atomic E-state index is 9.49. The number of rotatable bonds is 4. The highest BCUT2D eigenvalue weighted by atomic mass is 16.5. The number of benzene rings is 3. The average molecular weight is 354 g/mol. The molecule has 4 nitrogen and oxygen atoms in total. The molecule has 4 heteroatoms. The van der Waals surface area contributed by atoms with Crippen LogP contribution in [0.25, 0.3) is 0 Å². The van der Waals surface area contributed by atoms with E-state index in [1.807, 2.05) is 48.5 Å². The number of hydrogen-bond donors (Lipinski definition) is 1. The van der Waals surface area contributed by atoms with Crippen molar-refractivity contribution in [2.75, 3.05) is 0 Å². The van der Waals surface area contributed by atoms with Gasteiger partial charge in [-0.3, -0.25) is 0 Å². The molecule has 0 bridgehead atoms. The fourth-order valence-electron chi connectivity index (χ4n) is 2.94. The molecule has 132 valence electrons. The van der Waals surface area contributed by atoms with Crippen molar-refractivity contribution in [2.45, 2.75) is 19.3 Å². The van der Waals surface area contributed by atoms with Crippen LogP contribution in [-0.4, -0.2) is 5.11 Å². The number of aromatic hydroxyl groups is 1. The first-order valence-corrected chi connectivity index (χ1v) is 8.47. The first kappa shape index (κ1) is 18.0. The number of nitriles is 2. The largest absolute Gasteiger partial charge is 0.508 e. The van der Waals surface area contributed by atoms with Crippen LogP contribution < -0.4 is 4.74 Å². The molecule has 0 amide bonds. The van der Waals surface area contributed by atoms with Gasteiger partial charge in [-0.25, -0.2) is 0 Å². The van der Waals surface area contributed by atoms with Crippen LogP contribution in [0.3, 0.4) is 0 Å². The maximum atomic E-state index is 9.49. The summed E-state index contributed by atoms with van der Waals surface area (Å²) in [6.07, 6.45) is 0. The van der Waals surface area contributed by atoms with Gasteiger partial charge in [0.25, 0.3) is 0 Å². The Labute approximate surface area is 158 Å². The molecule has 0 heterocycles. The van der Waals surface area contributed by atoms with Crippen LogP contribution in [0, 0.1) is 22.7 Å². The van der Waals surface area contributed by atoms with Crippen molar-refractivity contribution in [2.24, 2.45) is 0 Å². The summed E-state index contributed by atoms with van der Waals surface area (Å²) in [5.74, 6) is 1.19. The molecule has 0 aromatic heterocycles. The van der Waals surface area contributed by atoms with Crippen LogP contribution in [-0.2, 0) is 5.41 Å². The summed E-state index contributed by atoms with van der Waals surface area (Å²) in [6.45, 7) is 4.22. The molecule has 27 heavy (non-hydrogen) atoms. The fourth-order valence-corrected chi connectivity index (χ4v) is 2.94. The summed E-state index contributed by atoms with van der Waals surface area (Å²) in [7, 11) is 0. The highest BCUT2D eigenvalue weighted by molar-refractivity contribution is 5.55. The van der Waals surface area contributed by atoms with E-state index >= 15 is 0 Å². The first-order valence-electron chi connectivity index (χ1n) is 8.47. The monoisotopic (exact) mass is 354 g/mol. The van der Waals surface area contributed by atoms with Gasteiger partial charge in [-0.1, -0.05) is 44.2 Å². The lowest BCUT2D eigenvalue weighted by Gasteiger charge is -2.26. The Morgan fingerprint density at radius 1 is 0.815 bits per heavy atom. The minimum absolute atomic E-state index is 0.230. The van der Waals surface area contributed by atoms with Gasteiger partial charge in [-0.05, 0) is 47.5 Å². The predicted molar refractivity (Wildman–Crippen MR) is 103 cm³/mol. The maximum Gasteiger partial charge on any atom is 0.146 e. The van der Waals surface area contributed by atoms with Crippen LogP contribution in [0.1, 0.15) is 36.1 Å². The van der Waals surface area contributed by atoms with Gasteiger partial charge in [0, 0.05) is 5.41 Å². The lowest BCUT2D eigenvalue weighted by molar-refractivity contribution is 0.474. The van der Waals surface area contributed by atoms with Gasteiger partial charge in [0.15, 0.2) is 0 Å². The molecule has 0 aliphatic heterocycles. The second-order valence-corrected chi connectivity index (χ2v) is 6.70. The van der Waals surface area contributed by atoms with Gasteiger partial charge < -0.3 is 9.84 Å². The van der Waals surface area contributed by atoms with Gasteiger partial charge in [-0.2, -0.15) is 10.5 Å². The molecule has 0 atom stereocenters. The van der Waals surface area contributed by atoms with E-state index in [2.05, 4.69) is 13.8 Å². The molecule has 0 saturated heterocycles. The number of hydrogen-bond acceptors (Lipinski definition) is 4. The molecular formula is C23H18N2O2. The van der Waals surface area contributed by atoms with Gasteiger partial charge in [-0.15, -0.1) is 0 Å². The molecular weight excluding hydrogens is 336 g/mol. The van der Waals surface area contributed by atoms with Crippen LogP contribution in [0.4, 0.5) is 0 Å². The van der Waals surface area contributed by atoms with Gasteiger partial charge >= 0.3 is 0 Å². The lowest BCUT2D eigenvalue weighted by atomic mass is 9.78. The van der Waals surface area contributed by atoms with Crippen LogP contribution in [0.15, 0.2) is 66.7 Å². The summed E-state index contributed by atoms with van der Waals surface area (Å²) in [6, 6.07) is 23.8. The first-order chi connectivity index (χ1) is 13.0. The average Bonchev–Trinajstić information content (AvgIpc) is 2.68. The smallest absolute Gasteiger partial charge is 0.146 e. The normalized spacial score (nSPS) is 10.7. The van der Waals surface area contributed by atoms with Crippen molar-refractivity contribution < 1.29 is 9.84 Å². The minimum atomic E-state index is -0.245. The minimum Gasteiger partial charge on any atom is -0.508 e.